The SMILES string of the molecule is Cc1cnc(NC(=O)Cc2cc3cccnc3[nH]2)o1. The molecule has 2 N–H and O–H groups in total. The van der Waals surface area contributed by atoms with E-state index < -0.39 is 0 Å². The molecule has 0 aromatic carbocycles. The minimum atomic E-state index is -0.187. The Labute approximate surface area is 108 Å². The zero-order valence-electron chi connectivity index (χ0n) is 10.3. The fourth-order valence-corrected chi connectivity index (χ4v) is 1.86. The summed E-state index contributed by atoms with van der Waals surface area (Å²) in [6.07, 6.45) is 3.48. The van der Waals surface area contributed by atoms with Crippen LogP contribution >= 0.6 is 0 Å². The molecule has 0 saturated heterocycles. The summed E-state index contributed by atoms with van der Waals surface area (Å²) in [5, 5.41) is 3.58. The van der Waals surface area contributed by atoms with Crippen LogP contribution in [0, 0.1) is 6.92 Å². The van der Waals surface area contributed by atoms with Crippen LogP contribution in [-0.4, -0.2) is 20.9 Å². The van der Waals surface area contributed by atoms with Gasteiger partial charge in [-0.2, -0.15) is 0 Å². The highest BCUT2D eigenvalue weighted by Gasteiger charge is 2.09. The van der Waals surface area contributed by atoms with E-state index in [1.807, 2.05) is 18.2 Å². The maximum atomic E-state index is 11.8. The van der Waals surface area contributed by atoms with Gasteiger partial charge in [0, 0.05) is 17.3 Å². The van der Waals surface area contributed by atoms with Crippen LogP contribution in [0.3, 0.4) is 0 Å². The Balaban J connectivity index is 1.72. The first kappa shape index (κ1) is 11.5. The van der Waals surface area contributed by atoms with E-state index in [4.69, 9.17) is 4.42 Å². The zero-order chi connectivity index (χ0) is 13.2. The first-order chi connectivity index (χ1) is 9.20. The van der Waals surface area contributed by atoms with Gasteiger partial charge in [0.1, 0.15) is 11.4 Å². The van der Waals surface area contributed by atoms with E-state index in [0.717, 1.165) is 16.7 Å². The minimum absolute atomic E-state index is 0.187. The maximum absolute atomic E-state index is 11.8. The molecule has 19 heavy (non-hydrogen) atoms. The first-order valence-corrected chi connectivity index (χ1v) is 5.85. The van der Waals surface area contributed by atoms with Crippen LogP contribution in [0.2, 0.25) is 0 Å². The van der Waals surface area contributed by atoms with E-state index in [1.165, 1.54) is 0 Å². The van der Waals surface area contributed by atoms with Crippen molar-refractivity contribution < 1.29 is 9.21 Å². The van der Waals surface area contributed by atoms with Gasteiger partial charge < -0.3 is 9.40 Å². The summed E-state index contributed by atoms with van der Waals surface area (Å²) in [5.41, 5.74) is 1.58. The average Bonchev–Trinajstić information content (AvgIpc) is 2.94. The lowest BCUT2D eigenvalue weighted by atomic mass is 10.2. The molecule has 6 heteroatoms. The number of hydrogen-bond acceptors (Lipinski definition) is 4. The molecule has 3 aromatic rings. The highest BCUT2D eigenvalue weighted by molar-refractivity contribution is 5.91. The van der Waals surface area contributed by atoms with Crippen molar-refractivity contribution in [2.24, 2.45) is 0 Å². The Morgan fingerprint density at radius 3 is 3.11 bits per heavy atom. The van der Waals surface area contributed by atoms with Gasteiger partial charge in [0.05, 0.1) is 12.6 Å². The number of anilines is 1. The number of rotatable bonds is 3. The van der Waals surface area contributed by atoms with Crippen LogP contribution in [0.1, 0.15) is 11.5 Å². The van der Waals surface area contributed by atoms with Crippen molar-refractivity contribution in [2.75, 3.05) is 5.32 Å². The smallest absolute Gasteiger partial charge is 0.301 e. The van der Waals surface area contributed by atoms with Gasteiger partial charge in [0.25, 0.3) is 0 Å². The molecule has 3 aromatic heterocycles. The summed E-state index contributed by atoms with van der Waals surface area (Å²) in [7, 11) is 0. The average molecular weight is 256 g/mol. The Morgan fingerprint density at radius 1 is 1.47 bits per heavy atom. The molecule has 3 heterocycles. The monoisotopic (exact) mass is 256 g/mol. The van der Waals surface area contributed by atoms with Crippen LogP contribution in [0.4, 0.5) is 6.01 Å². The third-order valence-electron chi connectivity index (χ3n) is 2.67. The van der Waals surface area contributed by atoms with Crippen LogP contribution in [0.5, 0.6) is 0 Å². The summed E-state index contributed by atoms with van der Waals surface area (Å²) < 4.78 is 5.19. The summed E-state index contributed by atoms with van der Waals surface area (Å²) in [6, 6.07) is 5.92. The third-order valence-corrected chi connectivity index (χ3v) is 2.67. The number of amides is 1. The van der Waals surface area contributed by atoms with E-state index in [0.29, 0.717) is 5.76 Å². The normalized spacial score (nSPS) is 10.8. The van der Waals surface area contributed by atoms with Gasteiger partial charge in [0.15, 0.2) is 0 Å². The molecule has 96 valence electrons. The molecule has 0 unspecified atom stereocenters. The van der Waals surface area contributed by atoms with E-state index in [9.17, 15) is 4.79 Å². The molecule has 0 saturated carbocycles. The maximum Gasteiger partial charge on any atom is 0.301 e. The van der Waals surface area contributed by atoms with Crippen LogP contribution < -0.4 is 5.32 Å². The third kappa shape index (κ3) is 2.47. The Morgan fingerprint density at radius 2 is 2.37 bits per heavy atom. The van der Waals surface area contributed by atoms with Crippen molar-refractivity contribution >= 4 is 23.0 Å². The lowest BCUT2D eigenvalue weighted by Crippen LogP contribution is -2.14. The van der Waals surface area contributed by atoms with Gasteiger partial charge in [-0.1, -0.05) is 0 Å². The fraction of sp³-hybridized carbons (Fsp3) is 0.154. The predicted octanol–water partition coefficient (Wildman–Crippen LogP) is 2.04. The molecule has 0 atom stereocenters. The van der Waals surface area contributed by atoms with Crippen LogP contribution in [0.25, 0.3) is 11.0 Å². The summed E-state index contributed by atoms with van der Waals surface area (Å²) in [6.45, 7) is 1.77. The number of nitrogens with zero attached hydrogens (tertiary/aromatic N) is 2. The number of fused-ring (bicyclic) bond motifs is 1. The summed E-state index contributed by atoms with van der Waals surface area (Å²) >= 11 is 0. The van der Waals surface area contributed by atoms with Gasteiger partial charge >= 0.3 is 6.01 Å². The van der Waals surface area contributed by atoms with Crippen molar-refractivity contribution in [2.45, 2.75) is 13.3 Å². The molecule has 3 rings (SSSR count). The van der Waals surface area contributed by atoms with Crippen molar-refractivity contribution in [1.82, 2.24) is 15.0 Å². The van der Waals surface area contributed by atoms with Crippen molar-refractivity contribution in [3.05, 3.63) is 42.0 Å². The van der Waals surface area contributed by atoms with Crippen LogP contribution in [-0.2, 0) is 11.2 Å². The van der Waals surface area contributed by atoms with Crippen molar-refractivity contribution in [3.8, 4) is 0 Å². The quantitative estimate of drug-likeness (QED) is 0.751. The molecule has 0 aliphatic rings. The van der Waals surface area contributed by atoms with E-state index in [2.05, 4.69) is 20.3 Å². The van der Waals surface area contributed by atoms with Gasteiger partial charge in [-0.3, -0.25) is 10.1 Å². The molecule has 0 aliphatic carbocycles. The second-order valence-electron chi connectivity index (χ2n) is 4.24. The topological polar surface area (TPSA) is 83.8 Å². The van der Waals surface area contributed by atoms with E-state index in [1.54, 1.807) is 19.3 Å². The molecule has 0 radical (unpaired) electrons. The standard InChI is InChI=1S/C13H12N4O2/c1-8-7-15-13(19-8)17-11(18)6-10-5-9-3-2-4-14-12(9)16-10/h2-5,7H,6H2,1H3,(H,14,16)(H,15,17,18). The fourth-order valence-electron chi connectivity index (χ4n) is 1.86. The second kappa shape index (κ2) is 4.56. The largest absolute Gasteiger partial charge is 0.429 e. The molecule has 6 nitrogen and oxygen atoms in total. The number of aryl methyl sites for hydroxylation is 1. The number of H-pyrrole nitrogens is 1. The summed E-state index contributed by atoms with van der Waals surface area (Å²) in [4.78, 5) is 23.0. The molecular weight excluding hydrogens is 244 g/mol. The zero-order valence-corrected chi connectivity index (χ0v) is 10.3. The molecule has 0 fully saturated rings. The number of aromatic nitrogens is 3. The van der Waals surface area contributed by atoms with Gasteiger partial charge in [-0.05, 0) is 25.1 Å². The number of nitrogens with one attached hydrogen (secondary N) is 2. The highest BCUT2D eigenvalue weighted by Crippen LogP contribution is 2.13. The highest BCUT2D eigenvalue weighted by atomic mass is 16.4. The number of oxazole rings is 1. The second-order valence-corrected chi connectivity index (χ2v) is 4.24. The molecule has 0 spiro atoms. The Hall–Kier alpha value is -2.63. The Bertz CT molecular complexity index is 696. The molecular formula is C13H12N4O2. The lowest BCUT2D eigenvalue weighted by molar-refractivity contribution is -0.115. The molecule has 0 bridgehead atoms. The van der Waals surface area contributed by atoms with Gasteiger partial charge in [-0.15, -0.1) is 0 Å². The number of carbonyl (C=O) groups is 1. The van der Waals surface area contributed by atoms with Crippen molar-refractivity contribution in [1.29, 1.82) is 0 Å². The first-order valence-electron chi connectivity index (χ1n) is 5.85. The number of hydrogen-bond donors (Lipinski definition) is 2. The van der Waals surface area contributed by atoms with Gasteiger partial charge in [0.2, 0.25) is 5.91 Å². The molecule has 1 amide bonds. The summed E-state index contributed by atoms with van der Waals surface area (Å²) in [5.74, 6) is 0.471. The lowest BCUT2D eigenvalue weighted by Gasteiger charge is -1.98. The van der Waals surface area contributed by atoms with Crippen molar-refractivity contribution in [3.63, 3.8) is 0 Å². The van der Waals surface area contributed by atoms with Gasteiger partial charge in [-0.25, -0.2) is 9.97 Å². The number of pyridine rings is 1. The van der Waals surface area contributed by atoms with E-state index in [-0.39, 0.29) is 18.3 Å². The molecule has 0 aliphatic heterocycles. The van der Waals surface area contributed by atoms with E-state index >= 15 is 0 Å². The van der Waals surface area contributed by atoms with Crippen LogP contribution in [0.15, 0.2) is 35.0 Å². The number of carbonyl (C=O) groups excluding carboxylic acids is 1. The predicted molar refractivity (Wildman–Crippen MR) is 69.7 cm³/mol. The minimum Gasteiger partial charge on any atom is -0.429 e. The Kier molecular flexibility index (Phi) is 2.75. The number of aromatic amines is 1.